The maximum Gasteiger partial charge on any atom is 0.230 e. The standard InChI is InChI=1S/C20H22N4O2S/c1-14(15-9-5-3-6-10-15)21-17(25)13-27-20-23-22-19(24(20)2)18(26)16-11-7-4-8-12-16/h3-12,14,18,26H,13H2,1-2H3,(H,21,25)/t14-,18-/m0/s1. The van der Waals surface area contributed by atoms with Crippen LogP contribution < -0.4 is 5.32 Å². The molecule has 140 valence electrons. The molecule has 1 amide bonds. The number of nitrogens with zero attached hydrogens (tertiary/aromatic N) is 3. The fourth-order valence-corrected chi connectivity index (χ4v) is 3.44. The van der Waals surface area contributed by atoms with Gasteiger partial charge in [0.25, 0.3) is 0 Å². The predicted octanol–water partition coefficient (Wildman–Crippen LogP) is 2.87. The van der Waals surface area contributed by atoms with Gasteiger partial charge in [0.1, 0.15) is 6.10 Å². The number of carbonyl (C=O) groups is 1. The normalized spacial score (nSPS) is 13.1. The summed E-state index contributed by atoms with van der Waals surface area (Å²) in [5.41, 5.74) is 1.81. The summed E-state index contributed by atoms with van der Waals surface area (Å²) < 4.78 is 1.72. The highest BCUT2D eigenvalue weighted by atomic mass is 32.2. The molecule has 7 heteroatoms. The van der Waals surface area contributed by atoms with E-state index in [0.29, 0.717) is 11.0 Å². The van der Waals surface area contributed by atoms with E-state index in [4.69, 9.17) is 0 Å². The first-order valence-electron chi connectivity index (χ1n) is 8.65. The van der Waals surface area contributed by atoms with Crippen molar-refractivity contribution < 1.29 is 9.90 Å². The molecule has 3 aromatic rings. The number of aliphatic hydroxyl groups is 1. The fourth-order valence-electron chi connectivity index (χ4n) is 2.71. The Bertz CT molecular complexity index is 884. The summed E-state index contributed by atoms with van der Waals surface area (Å²) >= 11 is 1.29. The molecule has 0 radical (unpaired) electrons. The van der Waals surface area contributed by atoms with E-state index in [2.05, 4.69) is 15.5 Å². The van der Waals surface area contributed by atoms with E-state index in [1.165, 1.54) is 11.8 Å². The van der Waals surface area contributed by atoms with E-state index in [9.17, 15) is 9.90 Å². The summed E-state index contributed by atoms with van der Waals surface area (Å²) in [6.07, 6.45) is -0.857. The number of carbonyl (C=O) groups excluding carboxylic acids is 1. The number of benzene rings is 2. The molecule has 0 saturated carbocycles. The van der Waals surface area contributed by atoms with Crippen molar-refractivity contribution in [1.29, 1.82) is 0 Å². The van der Waals surface area contributed by atoms with E-state index < -0.39 is 6.10 Å². The number of nitrogens with one attached hydrogen (secondary N) is 1. The van der Waals surface area contributed by atoms with Crippen LogP contribution in [0.3, 0.4) is 0 Å². The number of amides is 1. The Morgan fingerprint density at radius 1 is 1.07 bits per heavy atom. The molecule has 0 aliphatic carbocycles. The molecule has 0 aliphatic rings. The summed E-state index contributed by atoms with van der Waals surface area (Å²) in [6.45, 7) is 1.95. The number of thioether (sulfide) groups is 1. The quantitative estimate of drug-likeness (QED) is 0.614. The van der Waals surface area contributed by atoms with Gasteiger partial charge in [0.05, 0.1) is 11.8 Å². The highest BCUT2D eigenvalue weighted by Gasteiger charge is 2.19. The van der Waals surface area contributed by atoms with Crippen molar-refractivity contribution in [2.45, 2.75) is 24.2 Å². The number of hydrogen-bond donors (Lipinski definition) is 2. The smallest absolute Gasteiger partial charge is 0.230 e. The van der Waals surface area contributed by atoms with Crippen LogP contribution in [0.15, 0.2) is 65.8 Å². The second kappa shape index (κ2) is 8.83. The van der Waals surface area contributed by atoms with E-state index >= 15 is 0 Å². The molecule has 0 spiro atoms. The van der Waals surface area contributed by atoms with Crippen molar-refractivity contribution in [3.05, 3.63) is 77.6 Å². The lowest BCUT2D eigenvalue weighted by Gasteiger charge is -2.14. The van der Waals surface area contributed by atoms with E-state index in [1.54, 1.807) is 11.6 Å². The van der Waals surface area contributed by atoms with E-state index in [0.717, 1.165) is 11.1 Å². The molecule has 3 rings (SSSR count). The molecule has 27 heavy (non-hydrogen) atoms. The van der Waals surface area contributed by atoms with Crippen LogP contribution in [0.2, 0.25) is 0 Å². The molecular formula is C20H22N4O2S. The van der Waals surface area contributed by atoms with Gasteiger partial charge in [0.15, 0.2) is 11.0 Å². The van der Waals surface area contributed by atoms with E-state index in [1.807, 2.05) is 67.6 Å². The van der Waals surface area contributed by atoms with Crippen LogP contribution in [0.25, 0.3) is 0 Å². The minimum absolute atomic E-state index is 0.0609. The van der Waals surface area contributed by atoms with Crippen molar-refractivity contribution in [3.8, 4) is 0 Å². The Morgan fingerprint density at radius 2 is 1.67 bits per heavy atom. The predicted molar refractivity (Wildman–Crippen MR) is 105 cm³/mol. The Kier molecular flexibility index (Phi) is 6.26. The van der Waals surface area contributed by atoms with Gasteiger partial charge in [0, 0.05) is 7.05 Å². The SMILES string of the molecule is C[C@H](NC(=O)CSc1nnc([C@@H](O)c2ccccc2)n1C)c1ccccc1. The lowest BCUT2D eigenvalue weighted by atomic mass is 10.1. The second-order valence-corrected chi connectivity index (χ2v) is 7.14. The average molecular weight is 382 g/mol. The van der Waals surface area contributed by atoms with Crippen LogP contribution in [0, 0.1) is 0 Å². The fraction of sp³-hybridized carbons (Fsp3) is 0.250. The van der Waals surface area contributed by atoms with Crippen molar-refractivity contribution in [3.63, 3.8) is 0 Å². The highest BCUT2D eigenvalue weighted by Crippen LogP contribution is 2.23. The van der Waals surface area contributed by atoms with Crippen LogP contribution >= 0.6 is 11.8 Å². The molecule has 0 aliphatic heterocycles. The minimum Gasteiger partial charge on any atom is -0.380 e. The van der Waals surface area contributed by atoms with Gasteiger partial charge in [0.2, 0.25) is 5.91 Å². The van der Waals surface area contributed by atoms with Crippen molar-refractivity contribution in [1.82, 2.24) is 20.1 Å². The summed E-state index contributed by atoms with van der Waals surface area (Å²) in [5.74, 6) is 0.594. The molecular weight excluding hydrogens is 360 g/mol. The maximum atomic E-state index is 12.2. The number of hydrogen-bond acceptors (Lipinski definition) is 5. The topological polar surface area (TPSA) is 80.0 Å². The third-order valence-electron chi connectivity index (χ3n) is 4.24. The maximum absolute atomic E-state index is 12.2. The zero-order chi connectivity index (χ0) is 19.2. The number of aliphatic hydroxyl groups excluding tert-OH is 1. The first-order valence-corrected chi connectivity index (χ1v) is 9.64. The summed E-state index contributed by atoms with van der Waals surface area (Å²) in [4.78, 5) is 12.2. The van der Waals surface area contributed by atoms with Crippen LogP contribution in [0.5, 0.6) is 0 Å². The van der Waals surface area contributed by atoms with Gasteiger partial charge in [-0.3, -0.25) is 4.79 Å². The largest absolute Gasteiger partial charge is 0.380 e. The minimum atomic E-state index is -0.857. The van der Waals surface area contributed by atoms with Crippen LogP contribution in [0.4, 0.5) is 0 Å². The van der Waals surface area contributed by atoms with Crippen LogP contribution in [-0.2, 0) is 11.8 Å². The monoisotopic (exact) mass is 382 g/mol. The first-order chi connectivity index (χ1) is 13.1. The van der Waals surface area contributed by atoms with E-state index in [-0.39, 0.29) is 17.7 Å². The Labute approximate surface area is 162 Å². The summed E-state index contributed by atoms with van der Waals surface area (Å²) in [7, 11) is 1.79. The Morgan fingerprint density at radius 3 is 2.30 bits per heavy atom. The third kappa shape index (κ3) is 4.75. The van der Waals surface area contributed by atoms with Crippen molar-refractivity contribution >= 4 is 17.7 Å². The zero-order valence-electron chi connectivity index (χ0n) is 15.2. The zero-order valence-corrected chi connectivity index (χ0v) is 16.1. The molecule has 0 fully saturated rings. The highest BCUT2D eigenvalue weighted by molar-refractivity contribution is 7.99. The number of rotatable bonds is 7. The summed E-state index contributed by atoms with van der Waals surface area (Å²) in [5, 5.41) is 22.3. The van der Waals surface area contributed by atoms with Crippen molar-refractivity contribution in [2.75, 3.05) is 5.75 Å². The van der Waals surface area contributed by atoms with Gasteiger partial charge < -0.3 is 15.0 Å². The van der Waals surface area contributed by atoms with Gasteiger partial charge in [-0.25, -0.2) is 0 Å². The molecule has 0 bridgehead atoms. The molecule has 1 heterocycles. The van der Waals surface area contributed by atoms with Gasteiger partial charge in [-0.15, -0.1) is 10.2 Å². The first kappa shape index (κ1) is 19.1. The molecule has 0 unspecified atom stereocenters. The lowest BCUT2D eigenvalue weighted by Crippen LogP contribution is -2.28. The molecule has 1 aromatic heterocycles. The Hall–Kier alpha value is -2.64. The lowest BCUT2D eigenvalue weighted by molar-refractivity contribution is -0.119. The summed E-state index contributed by atoms with van der Waals surface area (Å²) in [6, 6.07) is 19.1. The number of aromatic nitrogens is 3. The third-order valence-corrected chi connectivity index (χ3v) is 5.26. The van der Waals surface area contributed by atoms with Crippen LogP contribution in [0.1, 0.15) is 36.0 Å². The molecule has 0 saturated heterocycles. The van der Waals surface area contributed by atoms with Gasteiger partial charge in [-0.2, -0.15) is 0 Å². The average Bonchev–Trinajstić information content (AvgIpc) is 3.07. The molecule has 6 nitrogen and oxygen atoms in total. The second-order valence-electron chi connectivity index (χ2n) is 6.20. The Balaban J connectivity index is 1.59. The molecule has 2 atom stereocenters. The molecule has 2 N–H and O–H groups in total. The van der Waals surface area contributed by atoms with Gasteiger partial charge in [-0.05, 0) is 18.1 Å². The molecule has 2 aromatic carbocycles. The van der Waals surface area contributed by atoms with Crippen LogP contribution in [-0.4, -0.2) is 31.5 Å². The van der Waals surface area contributed by atoms with Crippen molar-refractivity contribution in [2.24, 2.45) is 7.05 Å². The van der Waals surface area contributed by atoms with Gasteiger partial charge in [-0.1, -0.05) is 72.4 Å². The van der Waals surface area contributed by atoms with Gasteiger partial charge >= 0.3 is 0 Å².